The predicted molar refractivity (Wildman–Crippen MR) is 35.8 cm³/mol. The molecule has 0 atom stereocenters. The second-order valence-corrected chi connectivity index (χ2v) is 1.75. The van der Waals surface area contributed by atoms with Crippen LogP contribution in [0.5, 0.6) is 0 Å². The summed E-state index contributed by atoms with van der Waals surface area (Å²) in [5.74, 6) is 0. The molecule has 0 fully saturated rings. The molecule has 54 valence electrons. The van der Waals surface area contributed by atoms with Crippen molar-refractivity contribution in [1.29, 1.82) is 0 Å². The van der Waals surface area contributed by atoms with E-state index in [-0.39, 0.29) is 31.5 Å². The maximum absolute atomic E-state index is 8.07. The molecule has 2 N–H and O–H groups in total. The minimum absolute atomic E-state index is 0. The maximum Gasteiger partial charge on any atom is 0.220 e. The van der Waals surface area contributed by atoms with Gasteiger partial charge in [0, 0.05) is 28.3 Å². The predicted octanol–water partition coefficient (Wildman–Crippen LogP) is 0.422. The Morgan fingerprint density at radius 1 is 1.44 bits per heavy atom. The molecule has 0 saturated carbocycles. The van der Waals surface area contributed by atoms with Gasteiger partial charge in [-0.05, 0) is 13.0 Å². The van der Waals surface area contributed by atoms with Crippen molar-refractivity contribution >= 4 is 9.76 Å². The summed E-state index contributed by atoms with van der Waals surface area (Å²) in [5.41, 5.74) is 0. The first-order valence-corrected chi connectivity index (χ1v) is 4.19. The third kappa shape index (κ3) is 51.1. The van der Waals surface area contributed by atoms with Crippen LogP contribution >= 0.6 is 0 Å². The second-order valence-electron chi connectivity index (χ2n) is 1.30. The largest absolute Gasteiger partial charge is 0.432 e. The Labute approximate surface area is 74.5 Å². The fraction of sp³-hybridized carbons (Fsp3) is 1.00. The van der Waals surface area contributed by atoms with E-state index in [1.54, 1.807) is 6.55 Å². The molecule has 0 spiro atoms. The van der Waals surface area contributed by atoms with E-state index >= 15 is 0 Å². The van der Waals surface area contributed by atoms with E-state index in [9.17, 15) is 0 Å². The number of rotatable bonds is 2. The van der Waals surface area contributed by atoms with Crippen molar-refractivity contribution in [1.82, 2.24) is 0 Å². The Morgan fingerprint density at radius 2 is 1.78 bits per heavy atom. The third-order valence-corrected chi connectivity index (χ3v) is 0.512. The summed E-state index contributed by atoms with van der Waals surface area (Å²) in [6.07, 6.45) is 2.04. The second kappa shape index (κ2) is 23.2. The van der Waals surface area contributed by atoms with E-state index < -0.39 is 0 Å². The SMILES string of the molecule is CCCCO.C[Si]O.[Ti]. The standard InChI is InChI=1S/C4H10O.CH4OSi.Ti/c1-2-3-4-5;1-3-2;/h5H,2-4H2,1H3;2H,1H3;. The van der Waals surface area contributed by atoms with Crippen LogP contribution in [0.25, 0.3) is 0 Å². The molecular weight excluding hydrogens is 168 g/mol. The molecule has 0 amide bonds. The summed E-state index contributed by atoms with van der Waals surface area (Å²) < 4.78 is 0. The number of hydrogen-bond acceptors (Lipinski definition) is 2. The van der Waals surface area contributed by atoms with Crippen LogP contribution in [0.15, 0.2) is 0 Å². The minimum atomic E-state index is 0. The summed E-state index contributed by atoms with van der Waals surface area (Å²) in [7, 11) is 0.0833. The molecule has 0 aromatic rings. The topological polar surface area (TPSA) is 40.5 Å². The summed E-state index contributed by atoms with van der Waals surface area (Å²) in [6, 6.07) is 0. The minimum Gasteiger partial charge on any atom is -0.432 e. The zero-order valence-corrected chi connectivity index (χ0v) is 8.58. The number of aliphatic hydroxyl groups excluding tert-OH is 1. The van der Waals surface area contributed by atoms with Crippen molar-refractivity contribution in [3.63, 3.8) is 0 Å². The molecule has 0 heterocycles. The average Bonchev–Trinajstić information content (AvgIpc) is 1.71. The molecule has 0 aliphatic rings. The molecule has 2 radical (unpaired) electrons. The monoisotopic (exact) mass is 182 g/mol. The van der Waals surface area contributed by atoms with Crippen LogP contribution in [0.2, 0.25) is 6.55 Å². The fourth-order valence-corrected chi connectivity index (χ4v) is 0.158. The van der Waals surface area contributed by atoms with E-state index in [0.29, 0.717) is 6.61 Å². The van der Waals surface area contributed by atoms with Gasteiger partial charge in [0.1, 0.15) is 0 Å². The van der Waals surface area contributed by atoms with Gasteiger partial charge >= 0.3 is 0 Å². The van der Waals surface area contributed by atoms with Crippen LogP contribution < -0.4 is 0 Å². The Kier molecular flexibility index (Phi) is 42.4. The zero-order valence-electron chi connectivity index (χ0n) is 6.02. The Bertz CT molecular complexity index is 28.9. The summed E-state index contributed by atoms with van der Waals surface area (Å²) in [5, 5.41) is 8.07. The number of hydrogen-bond donors (Lipinski definition) is 2. The Morgan fingerprint density at radius 3 is 1.78 bits per heavy atom. The van der Waals surface area contributed by atoms with Gasteiger partial charge in [-0.2, -0.15) is 0 Å². The molecule has 0 aliphatic carbocycles. The van der Waals surface area contributed by atoms with E-state index in [1.807, 2.05) is 0 Å². The van der Waals surface area contributed by atoms with Crippen molar-refractivity contribution in [2.45, 2.75) is 26.3 Å². The molecule has 0 aliphatic heterocycles. The van der Waals surface area contributed by atoms with E-state index in [4.69, 9.17) is 9.90 Å². The summed E-state index contributed by atoms with van der Waals surface area (Å²) >= 11 is 0. The van der Waals surface area contributed by atoms with Gasteiger partial charge in [-0.15, -0.1) is 0 Å². The third-order valence-electron chi connectivity index (χ3n) is 0.512. The van der Waals surface area contributed by atoms with Crippen molar-refractivity contribution < 1.29 is 31.6 Å². The van der Waals surface area contributed by atoms with Gasteiger partial charge in [0.2, 0.25) is 9.76 Å². The molecule has 0 saturated heterocycles. The van der Waals surface area contributed by atoms with Crippen LogP contribution in [0.1, 0.15) is 19.8 Å². The molecule has 0 unspecified atom stereocenters. The van der Waals surface area contributed by atoms with Crippen molar-refractivity contribution in [2.24, 2.45) is 0 Å². The molecule has 0 aromatic carbocycles. The Balaban J connectivity index is -0.0000000800. The smallest absolute Gasteiger partial charge is 0.220 e. The van der Waals surface area contributed by atoms with Crippen molar-refractivity contribution in [3.8, 4) is 0 Å². The van der Waals surface area contributed by atoms with Crippen molar-refractivity contribution in [2.75, 3.05) is 6.61 Å². The number of unbranched alkanes of at least 4 members (excludes halogenated alkanes) is 1. The zero-order chi connectivity index (χ0) is 6.83. The maximum atomic E-state index is 8.07. The molecule has 4 heteroatoms. The molecule has 9 heavy (non-hydrogen) atoms. The first kappa shape index (κ1) is 16.4. The van der Waals surface area contributed by atoms with Gasteiger partial charge in [-0.25, -0.2) is 0 Å². The van der Waals surface area contributed by atoms with Gasteiger partial charge in [-0.1, -0.05) is 13.3 Å². The van der Waals surface area contributed by atoms with E-state index in [1.165, 1.54) is 0 Å². The molecule has 2 nitrogen and oxygen atoms in total. The van der Waals surface area contributed by atoms with E-state index in [0.717, 1.165) is 12.8 Å². The Hall–Kier alpha value is 0.851. The van der Waals surface area contributed by atoms with Crippen LogP contribution in [0, 0.1) is 0 Å². The van der Waals surface area contributed by atoms with Gasteiger partial charge in [0.05, 0.1) is 0 Å². The van der Waals surface area contributed by atoms with Gasteiger partial charge in [0.25, 0.3) is 0 Å². The first-order valence-electron chi connectivity index (χ1n) is 2.75. The van der Waals surface area contributed by atoms with Crippen LogP contribution in [-0.4, -0.2) is 26.3 Å². The molecular formula is C5H14O2SiTi. The molecule has 0 bridgehead atoms. The molecule has 0 rings (SSSR count). The van der Waals surface area contributed by atoms with Gasteiger partial charge in [0.15, 0.2) is 0 Å². The normalized spacial score (nSPS) is 6.67. The summed E-state index contributed by atoms with van der Waals surface area (Å²) in [6.45, 7) is 4.10. The average molecular weight is 182 g/mol. The molecule has 0 aromatic heterocycles. The van der Waals surface area contributed by atoms with Crippen molar-refractivity contribution in [3.05, 3.63) is 0 Å². The first-order chi connectivity index (χ1) is 3.83. The quantitative estimate of drug-likeness (QED) is 0.607. The van der Waals surface area contributed by atoms with E-state index in [2.05, 4.69) is 6.92 Å². The van der Waals surface area contributed by atoms with Gasteiger partial charge in [-0.3, -0.25) is 0 Å². The van der Waals surface area contributed by atoms with Crippen LogP contribution in [0.3, 0.4) is 0 Å². The van der Waals surface area contributed by atoms with Gasteiger partial charge < -0.3 is 9.90 Å². The number of aliphatic hydroxyl groups is 1. The summed E-state index contributed by atoms with van der Waals surface area (Å²) in [4.78, 5) is 7.60. The van der Waals surface area contributed by atoms with Crippen LogP contribution in [0.4, 0.5) is 0 Å². The van der Waals surface area contributed by atoms with Crippen LogP contribution in [-0.2, 0) is 21.7 Å². The fourth-order valence-electron chi connectivity index (χ4n) is 0.158.